The fraction of sp³-hybridized carbons (Fsp3) is 0.0833. The Labute approximate surface area is 215 Å². The van der Waals surface area contributed by atoms with E-state index in [4.69, 9.17) is 0 Å². The number of pyridine rings is 2. The number of rotatable bonds is 5. The second-order valence-electron chi connectivity index (χ2n) is 8.72. The second-order valence-corrected chi connectivity index (χ2v) is 12.5. The van der Waals surface area contributed by atoms with E-state index in [1.54, 1.807) is 24.4 Å². The molecule has 0 aliphatic carbocycles. The molecule has 0 unspecified atom stereocenters. The van der Waals surface area contributed by atoms with Gasteiger partial charge in [0, 0.05) is 34.3 Å². The van der Waals surface area contributed by atoms with Gasteiger partial charge in [0.25, 0.3) is 0 Å². The number of imidazole rings is 1. The highest BCUT2D eigenvalue weighted by molar-refractivity contribution is 7.92. The van der Waals surface area contributed by atoms with Crippen molar-refractivity contribution in [1.82, 2.24) is 34.1 Å². The Morgan fingerprint density at radius 2 is 1.58 bits per heavy atom. The minimum Gasteiger partial charge on any atom is -0.353 e. The number of fused-ring (bicyclic) bond motifs is 2. The van der Waals surface area contributed by atoms with Crippen molar-refractivity contribution in [3.63, 3.8) is 0 Å². The molecule has 0 amide bonds. The van der Waals surface area contributed by atoms with Crippen LogP contribution in [-0.2, 0) is 19.9 Å². The molecule has 6 aromatic rings. The summed E-state index contributed by atoms with van der Waals surface area (Å²) in [5, 5.41) is 8.15. The number of nitrogens with one attached hydrogen (secondary N) is 2. The van der Waals surface area contributed by atoms with Gasteiger partial charge in [0.15, 0.2) is 0 Å². The summed E-state index contributed by atoms with van der Waals surface area (Å²) in [5.41, 5.74) is 4.14. The fourth-order valence-corrected chi connectivity index (χ4v) is 6.63. The second kappa shape index (κ2) is 8.29. The van der Waals surface area contributed by atoms with Crippen molar-refractivity contribution in [3.8, 4) is 34.0 Å². The molecule has 38 heavy (non-hydrogen) atoms. The van der Waals surface area contributed by atoms with E-state index in [9.17, 15) is 21.2 Å². The van der Waals surface area contributed by atoms with Crippen molar-refractivity contribution in [2.24, 2.45) is 0 Å². The number of nitrogens with zero attached hydrogens (tertiary/aromatic N) is 5. The van der Waals surface area contributed by atoms with Gasteiger partial charge in [-0.05, 0) is 42.5 Å². The van der Waals surface area contributed by atoms with Crippen molar-refractivity contribution in [3.05, 3.63) is 66.9 Å². The average molecular weight is 552 g/mol. The topological polar surface area (TPSA) is 156 Å². The van der Waals surface area contributed by atoms with Gasteiger partial charge in [0.2, 0.25) is 25.0 Å². The molecular formula is C24H18FN7O4S2. The zero-order chi connectivity index (χ0) is 26.8. The Morgan fingerprint density at radius 3 is 2.29 bits per heavy atom. The minimum atomic E-state index is -4.03. The highest BCUT2D eigenvalue weighted by Gasteiger charge is 2.26. The standard InChI is InChI=1S/C24H18FN7O4S2/c1-37(33,34)24-28-12-21(32(24)38(2,35)36)18-9-16-20(11-27-18)30-31-23(16)19-10-15-17(29-19)7-8-26-22(15)13-3-5-14(25)6-4-13/h3-12,29H,1-2H3,(H,30,31). The molecular weight excluding hydrogens is 533 g/mol. The van der Waals surface area contributed by atoms with Crippen LogP contribution in [0.15, 0.2) is 66.2 Å². The molecule has 0 saturated heterocycles. The number of hydrogen-bond acceptors (Lipinski definition) is 8. The number of H-pyrrole nitrogens is 2. The van der Waals surface area contributed by atoms with Gasteiger partial charge < -0.3 is 4.98 Å². The highest BCUT2D eigenvalue weighted by Crippen LogP contribution is 2.34. The average Bonchev–Trinajstić information content (AvgIpc) is 3.59. The molecule has 6 rings (SSSR count). The summed E-state index contributed by atoms with van der Waals surface area (Å²) in [5.74, 6) is -0.344. The third kappa shape index (κ3) is 3.94. The summed E-state index contributed by atoms with van der Waals surface area (Å²) in [6.45, 7) is 0. The summed E-state index contributed by atoms with van der Waals surface area (Å²) >= 11 is 0. The van der Waals surface area contributed by atoms with Crippen LogP contribution in [-0.4, -0.2) is 63.5 Å². The van der Waals surface area contributed by atoms with E-state index < -0.39 is 25.0 Å². The van der Waals surface area contributed by atoms with Crippen molar-refractivity contribution in [2.45, 2.75) is 5.16 Å². The molecule has 192 valence electrons. The molecule has 0 radical (unpaired) electrons. The maximum atomic E-state index is 13.4. The molecule has 0 aliphatic heterocycles. The molecule has 0 bridgehead atoms. The molecule has 5 aromatic heterocycles. The van der Waals surface area contributed by atoms with Crippen molar-refractivity contribution >= 4 is 41.7 Å². The van der Waals surface area contributed by atoms with Crippen LogP contribution in [0.25, 0.3) is 55.8 Å². The first kappa shape index (κ1) is 23.9. The molecule has 0 spiro atoms. The zero-order valence-corrected chi connectivity index (χ0v) is 21.5. The Kier molecular flexibility index (Phi) is 5.22. The first-order chi connectivity index (χ1) is 18.0. The van der Waals surface area contributed by atoms with Crippen LogP contribution in [0.3, 0.4) is 0 Å². The molecule has 0 aliphatic rings. The van der Waals surface area contributed by atoms with Gasteiger partial charge in [-0.1, -0.05) is 0 Å². The Hall–Kier alpha value is -4.43. The van der Waals surface area contributed by atoms with E-state index in [1.165, 1.54) is 18.3 Å². The van der Waals surface area contributed by atoms with Gasteiger partial charge in [-0.25, -0.2) is 30.2 Å². The van der Waals surface area contributed by atoms with Gasteiger partial charge >= 0.3 is 0 Å². The maximum absolute atomic E-state index is 13.4. The normalized spacial score (nSPS) is 12.5. The predicted molar refractivity (Wildman–Crippen MR) is 139 cm³/mol. The molecule has 14 heteroatoms. The first-order valence-electron chi connectivity index (χ1n) is 11.1. The van der Waals surface area contributed by atoms with Crippen LogP contribution >= 0.6 is 0 Å². The van der Waals surface area contributed by atoms with Crippen LogP contribution < -0.4 is 0 Å². The fourth-order valence-electron chi connectivity index (χ4n) is 4.34. The highest BCUT2D eigenvalue weighted by atomic mass is 32.2. The zero-order valence-electron chi connectivity index (χ0n) is 19.8. The minimum absolute atomic E-state index is 0.00131. The molecule has 11 nitrogen and oxygen atoms in total. The lowest BCUT2D eigenvalue weighted by molar-refractivity contribution is 0.574. The molecule has 5 heterocycles. The van der Waals surface area contributed by atoms with E-state index in [1.807, 2.05) is 12.1 Å². The lowest BCUT2D eigenvalue weighted by Gasteiger charge is -2.08. The van der Waals surface area contributed by atoms with Crippen molar-refractivity contribution in [2.75, 3.05) is 12.5 Å². The number of sulfone groups is 1. The number of hydrogen-bond donors (Lipinski definition) is 2. The summed E-state index contributed by atoms with van der Waals surface area (Å²) < 4.78 is 63.5. The van der Waals surface area contributed by atoms with Crippen LogP contribution in [0.2, 0.25) is 0 Å². The van der Waals surface area contributed by atoms with Crippen LogP contribution in [0.4, 0.5) is 4.39 Å². The summed E-state index contributed by atoms with van der Waals surface area (Å²) in [7, 11) is -7.97. The van der Waals surface area contributed by atoms with E-state index in [2.05, 4.69) is 30.1 Å². The maximum Gasteiger partial charge on any atom is 0.241 e. The number of benzene rings is 1. The predicted octanol–water partition coefficient (Wildman–Crippen LogP) is 3.38. The summed E-state index contributed by atoms with van der Waals surface area (Å²) in [6.07, 6.45) is 6.07. The van der Waals surface area contributed by atoms with E-state index in [-0.39, 0.29) is 17.2 Å². The van der Waals surface area contributed by atoms with Gasteiger partial charge in [-0.2, -0.15) is 5.10 Å². The Bertz CT molecular complexity index is 2090. The number of aromatic nitrogens is 7. The van der Waals surface area contributed by atoms with Gasteiger partial charge in [0.1, 0.15) is 17.2 Å². The summed E-state index contributed by atoms with van der Waals surface area (Å²) in [4.78, 5) is 16.0. The third-order valence-electron chi connectivity index (χ3n) is 5.98. The molecule has 0 atom stereocenters. The lowest BCUT2D eigenvalue weighted by Crippen LogP contribution is -2.18. The quantitative estimate of drug-likeness (QED) is 0.330. The van der Waals surface area contributed by atoms with Crippen LogP contribution in [0, 0.1) is 5.82 Å². The monoisotopic (exact) mass is 551 g/mol. The van der Waals surface area contributed by atoms with E-state index in [0.717, 1.165) is 35.2 Å². The van der Waals surface area contributed by atoms with Crippen molar-refractivity contribution in [1.29, 1.82) is 0 Å². The molecule has 2 N–H and O–H groups in total. The third-order valence-corrected chi connectivity index (χ3v) is 8.08. The van der Waals surface area contributed by atoms with Crippen molar-refractivity contribution < 1.29 is 21.2 Å². The van der Waals surface area contributed by atoms with E-state index >= 15 is 0 Å². The lowest BCUT2D eigenvalue weighted by atomic mass is 10.1. The summed E-state index contributed by atoms with van der Waals surface area (Å²) in [6, 6.07) is 11.3. The van der Waals surface area contributed by atoms with Gasteiger partial charge in [-0.15, -0.1) is 0 Å². The van der Waals surface area contributed by atoms with Gasteiger partial charge in [0.05, 0.1) is 41.2 Å². The number of aromatic amines is 2. The van der Waals surface area contributed by atoms with Crippen LogP contribution in [0.1, 0.15) is 0 Å². The van der Waals surface area contributed by atoms with Crippen LogP contribution in [0.5, 0.6) is 0 Å². The SMILES string of the molecule is CS(=O)(=O)c1ncc(-c2cc3c(-c4cc5c(-c6ccc(F)cc6)nccc5[nH]4)n[nH]c3cn2)n1S(C)(=O)=O. The first-order valence-corrected chi connectivity index (χ1v) is 14.8. The Morgan fingerprint density at radius 1 is 0.842 bits per heavy atom. The van der Waals surface area contributed by atoms with E-state index in [0.29, 0.717) is 32.0 Å². The molecule has 0 saturated carbocycles. The smallest absolute Gasteiger partial charge is 0.241 e. The number of halogens is 1. The van der Waals surface area contributed by atoms with Gasteiger partial charge in [-0.3, -0.25) is 15.1 Å². The molecule has 1 aromatic carbocycles. The molecule has 0 fully saturated rings. The Balaban J connectivity index is 1.52. The largest absolute Gasteiger partial charge is 0.353 e.